The molecule has 2 rings (SSSR count). The van der Waals surface area contributed by atoms with Crippen LogP contribution in [0.15, 0.2) is 18.3 Å². The molecule has 2 radical (unpaired) electrons. The summed E-state index contributed by atoms with van der Waals surface area (Å²) in [6, 6.07) is 4.67. The van der Waals surface area contributed by atoms with Gasteiger partial charge < -0.3 is 0 Å². The molecule has 17 heavy (non-hydrogen) atoms. The van der Waals surface area contributed by atoms with E-state index in [1.54, 1.807) is 0 Å². The second-order valence-corrected chi connectivity index (χ2v) is 5.58. The maximum atomic E-state index is 5.91. The van der Waals surface area contributed by atoms with Crippen molar-refractivity contribution in [1.82, 2.24) is 9.88 Å². The van der Waals surface area contributed by atoms with Crippen LogP contribution in [0.1, 0.15) is 31.9 Å². The van der Waals surface area contributed by atoms with Gasteiger partial charge in [-0.2, -0.15) is 0 Å². The molecule has 0 spiro atoms. The van der Waals surface area contributed by atoms with Gasteiger partial charge in [-0.25, -0.2) is 0 Å². The van der Waals surface area contributed by atoms with Gasteiger partial charge in [0, 0.05) is 0 Å². The molecule has 1 saturated heterocycles. The van der Waals surface area contributed by atoms with E-state index < -0.39 is 0 Å². The fraction of sp³-hybridized carbons (Fsp3) is 0.615. The zero-order valence-corrected chi connectivity index (χ0v) is 12.3. The summed E-state index contributed by atoms with van der Waals surface area (Å²) in [7, 11) is 0. The van der Waals surface area contributed by atoms with Gasteiger partial charge in [0.1, 0.15) is 0 Å². The minimum absolute atomic E-state index is 0.179. The number of aromatic nitrogens is 1. The average Bonchev–Trinajstić information content (AvgIpc) is 2.33. The summed E-state index contributed by atoms with van der Waals surface area (Å²) in [5.74, 6) is 0. The first-order chi connectivity index (χ1) is 8.20. The Morgan fingerprint density at radius 2 is 2.35 bits per heavy atom. The molecule has 0 N–H and O–H groups in total. The molecule has 1 aliphatic heterocycles. The minimum atomic E-state index is 0.179. The van der Waals surface area contributed by atoms with Gasteiger partial charge in [-0.3, -0.25) is 0 Å². The number of rotatable bonds is 3. The molecule has 4 heteroatoms. The van der Waals surface area contributed by atoms with Crippen molar-refractivity contribution in [3.8, 4) is 0 Å². The Hall–Kier alpha value is -0.372. The zero-order chi connectivity index (χ0) is 12.3. The number of hydrogen-bond donors (Lipinski definition) is 0. The Balaban J connectivity index is 2.04. The van der Waals surface area contributed by atoms with Gasteiger partial charge in [0.25, 0.3) is 0 Å². The van der Waals surface area contributed by atoms with Gasteiger partial charge in [0.2, 0.25) is 0 Å². The molecule has 1 aromatic heterocycles. The van der Waals surface area contributed by atoms with Gasteiger partial charge in [-0.05, 0) is 0 Å². The topological polar surface area (TPSA) is 25.4 Å². The van der Waals surface area contributed by atoms with Gasteiger partial charge >= 0.3 is 112 Å². The molecule has 2 atom stereocenters. The van der Waals surface area contributed by atoms with E-state index in [2.05, 4.69) is 46.7 Å². The van der Waals surface area contributed by atoms with Crippen LogP contribution in [0.3, 0.4) is 0 Å². The second kappa shape index (κ2) is 5.99. The predicted octanol–water partition coefficient (Wildman–Crippen LogP) is 1.05. The van der Waals surface area contributed by atoms with Crippen molar-refractivity contribution in [3.63, 3.8) is 0 Å². The summed E-state index contributed by atoms with van der Waals surface area (Å²) in [5, 5.41) is 0. The van der Waals surface area contributed by atoms with Crippen molar-refractivity contribution in [2.24, 2.45) is 0 Å². The van der Waals surface area contributed by atoms with Gasteiger partial charge in [-0.1, -0.05) is 0 Å². The third kappa shape index (κ3) is 3.31. The fourth-order valence-corrected chi connectivity index (χ4v) is 2.47. The summed E-state index contributed by atoms with van der Waals surface area (Å²) >= 11 is 2.46. The van der Waals surface area contributed by atoms with Crippen LogP contribution in [0.5, 0.6) is 0 Å². The van der Waals surface area contributed by atoms with E-state index in [0.29, 0.717) is 6.04 Å². The molecule has 1 aliphatic rings. The van der Waals surface area contributed by atoms with E-state index in [0.717, 1.165) is 24.2 Å². The number of hydrogen-bond acceptors (Lipinski definition) is 3. The zero-order valence-electron chi connectivity index (χ0n) is 10.5. The van der Waals surface area contributed by atoms with E-state index >= 15 is 0 Å². The van der Waals surface area contributed by atoms with Crippen molar-refractivity contribution in [2.45, 2.75) is 32.4 Å². The molecule has 0 amide bonds. The summed E-state index contributed by atoms with van der Waals surface area (Å²) in [6.45, 7) is 7.40. The first kappa shape index (κ1) is 13.1. The summed E-state index contributed by atoms with van der Waals surface area (Å²) in [4.78, 5) is 6.82. The normalized spacial score (nSPS) is 26.1. The third-order valence-corrected chi connectivity index (χ3v) is 3.77. The van der Waals surface area contributed by atoms with E-state index in [9.17, 15) is 0 Å². The van der Waals surface area contributed by atoms with Crippen LogP contribution >= 0.6 is 0 Å². The van der Waals surface area contributed by atoms with Crippen LogP contribution in [0.4, 0.5) is 0 Å². The first-order valence-electron chi connectivity index (χ1n) is 6.21. The Morgan fingerprint density at radius 3 is 3.00 bits per heavy atom. The van der Waals surface area contributed by atoms with Crippen LogP contribution in [0, 0.1) is 0 Å². The van der Waals surface area contributed by atoms with Crippen LogP contribution < -0.4 is 4.48 Å². The van der Waals surface area contributed by atoms with Crippen LogP contribution in [0.25, 0.3) is 0 Å². The molecule has 0 aromatic carbocycles. The Morgan fingerprint density at radius 1 is 1.53 bits per heavy atom. The molecule has 3 nitrogen and oxygen atoms in total. The molecule has 1 aromatic rings. The maximum absolute atomic E-state index is 5.91. The summed E-state index contributed by atoms with van der Waals surface area (Å²) in [5.41, 5.74) is 1.19. The molecule has 2 heterocycles. The van der Waals surface area contributed by atoms with Gasteiger partial charge in [0.15, 0.2) is 0 Å². The molecular formula is C13H19AsN2O. The monoisotopic (exact) mass is 294 g/mol. The Bertz CT molecular complexity index is 355. The molecule has 92 valence electrons. The quantitative estimate of drug-likeness (QED) is 0.779. The van der Waals surface area contributed by atoms with E-state index in [1.165, 1.54) is 12.0 Å². The summed E-state index contributed by atoms with van der Waals surface area (Å²) in [6.07, 6.45) is 3.30. The average molecular weight is 294 g/mol. The molecular weight excluding hydrogens is 275 g/mol. The third-order valence-electron chi connectivity index (χ3n) is 3.22. The summed E-state index contributed by atoms with van der Waals surface area (Å²) < 4.78 is 6.90. The van der Waals surface area contributed by atoms with Crippen molar-refractivity contribution < 1.29 is 4.74 Å². The van der Waals surface area contributed by atoms with Gasteiger partial charge in [0.05, 0.1) is 0 Å². The van der Waals surface area contributed by atoms with Crippen molar-refractivity contribution in [1.29, 1.82) is 0 Å². The molecule has 0 aliphatic carbocycles. The van der Waals surface area contributed by atoms with E-state index in [4.69, 9.17) is 4.74 Å². The first-order valence-corrected chi connectivity index (χ1v) is 7.15. The van der Waals surface area contributed by atoms with Crippen molar-refractivity contribution in [2.75, 3.05) is 19.7 Å². The molecule has 0 bridgehead atoms. The molecule has 0 saturated carbocycles. The van der Waals surface area contributed by atoms with Crippen LogP contribution in [0.2, 0.25) is 0 Å². The van der Waals surface area contributed by atoms with E-state index in [-0.39, 0.29) is 6.10 Å². The Labute approximate surface area is 112 Å². The van der Waals surface area contributed by atoms with E-state index in [1.807, 2.05) is 12.3 Å². The van der Waals surface area contributed by atoms with Crippen molar-refractivity contribution >= 4 is 21.3 Å². The fourth-order valence-electron chi connectivity index (χ4n) is 2.19. The molecule has 0 unspecified atom stereocenters. The predicted molar refractivity (Wildman–Crippen MR) is 69.6 cm³/mol. The van der Waals surface area contributed by atoms with Crippen molar-refractivity contribution in [3.05, 3.63) is 23.9 Å². The molecule has 1 fully saturated rings. The number of ether oxygens (including phenoxy) is 1. The Kier molecular flexibility index (Phi) is 4.61. The number of morpholine rings is 1. The van der Waals surface area contributed by atoms with Crippen LogP contribution in [-0.4, -0.2) is 52.5 Å². The number of pyridine rings is 1. The van der Waals surface area contributed by atoms with Gasteiger partial charge in [-0.15, -0.1) is 0 Å². The standard InChI is InChI=1S/C13H19AsN2O/c1-3-6-16-8-12(17-9-10(16)2)11-4-5-13(14)15-7-11/h4-5,7,10,12H,3,6,8-9H2,1-2H3/t10-,12-/m0/s1. The number of nitrogens with zero attached hydrogens (tertiary/aromatic N) is 2. The second-order valence-electron chi connectivity index (χ2n) is 4.62. The van der Waals surface area contributed by atoms with Crippen LogP contribution in [-0.2, 0) is 4.74 Å². The SMILES string of the molecule is CCCN1C[C@@H](c2ccc([As])nc2)OC[C@@H]1C.